The van der Waals surface area contributed by atoms with E-state index in [1.165, 1.54) is 7.11 Å². The monoisotopic (exact) mass is 264 g/mol. The Bertz CT molecular complexity index is 439. The van der Waals surface area contributed by atoms with E-state index in [4.69, 9.17) is 14.2 Å². The predicted molar refractivity (Wildman–Crippen MR) is 71.7 cm³/mol. The molecule has 104 valence electrons. The minimum absolute atomic E-state index is 0.166. The second-order valence-corrected chi connectivity index (χ2v) is 4.88. The Morgan fingerprint density at radius 3 is 1.95 bits per heavy atom. The third-order valence-electron chi connectivity index (χ3n) is 3.94. The fourth-order valence-electron chi connectivity index (χ4n) is 2.87. The van der Waals surface area contributed by atoms with Crippen LogP contribution in [-0.4, -0.2) is 27.3 Å². The molecule has 0 unspecified atom stereocenters. The summed E-state index contributed by atoms with van der Waals surface area (Å²) in [6, 6.07) is 5.62. The van der Waals surface area contributed by atoms with Crippen molar-refractivity contribution >= 4 is 5.97 Å². The molecule has 4 heteroatoms. The number of carbonyl (C=O) groups excluding carboxylic acids is 1. The molecule has 0 spiro atoms. The van der Waals surface area contributed by atoms with Crippen molar-refractivity contribution in [2.75, 3.05) is 21.3 Å². The van der Waals surface area contributed by atoms with Gasteiger partial charge in [-0.15, -0.1) is 0 Å². The second-order valence-electron chi connectivity index (χ2n) is 4.88. The van der Waals surface area contributed by atoms with E-state index in [-0.39, 0.29) is 5.97 Å². The van der Waals surface area contributed by atoms with Crippen LogP contribution < -0.4 is 9.47 Å². The van der Waals surface area contributed by atoms with Gasteiger partial charge >= 0.3 is 5.97 Å². The van der Waals surface area contributed by atoms with Crippen molar-refractivity contribution in [2.24, 2.45) is 0 Å². The molecule has 4 nitrogen and oxygen atoms in total. The zero-order valence-corrected chi connectivity index (χ0v) is 11.7. The number of hydrogen-bond donors (Lipinski definition) is 0. The summed E-state index contributed by atoms with van der Waals surface area (Å²) >= 11 is 0. The number of carbonyl (C=O) groups is 1. The van der Waals surface area contributed by atoms with Crippen LogP contribution in [0.1, 0.15) is 31.2 Å². The van der Waals surface area contributed by atoms with Gasteiger partial charge in [0.2, 0.25) is 0 Å². The van der Waals surface area contributed by atoms with E-state index < -0.39 is 5.41 Å². The van der Waals surface area contributed by atoms with Gasteiger partial charge in [-0.2, -0.15) is 0 Å². The molecule has 1 aromatic rings. The molecule has 0 radical (unpaired) electrons. The summed E-state index contributed by atoms with van der Waals surface area (Å²) in [5, 5.41) is 0. The van der Waals surface area contributed by atoms with Gasteiger partial charge < -0.3 is 14.2 Å². The Morgan fingerprint density at radius 2 is 1.53 bits per heavy atom. The third-order valence-corrected chi connectivity index (χ3v) is 3.94. The van der Waals surface area contributed by atoms with E-state index in [2.05, 4.69) is 0 Å². The zero-order valence-electron chi connectivity index (χ0n) is 11.7. The average molecular weight is 264 g/mol. The molecule has 1 saturated carbocycles. The average Bonchev–Trinajstić information content (AvgIpc) is 2.96. The highest BCUT2D eigenvalue weighted by Crippen LogP contribution is 2.44. The summed E-state index contributed by atoms with van der Waals surface area (Å²) in [4.78, 5) is 12.2. The normalized spacial score (nSPS) is 17.0. The Hall–Kier alpha value is -1.71. The van der Waals surface area contributed by atoms with Crippen LogP contribution in [-0.2, 0) is 14.9 Å². The molecule has 0 N–H and O–H groups in total. The molecular weight excluding hydrogens is 244 g/mol. The quantitative estimate of drug-likeness (QED) is 0.784. The van der Waals surface area contributed by atoms with Gasteiger partial charge in [0.1, 0.15) is 11.5 Å². The number of rotatable bonds is 4. The van der Waals surface area contributed by atoms with Crippen molar-refractivity contribution in [1.29, 1.82) is 0 Å². The Morgan fingerprint density at radius 1 is 1.00 bits per heavy atom. The van der Waals surface area contributed by atoms with Gasteiger partial charge in [-0.3, -0.25) is 4.79 Å². The molecule has 0 bridgehead atoms. The third kappa shape index (κ3) is 2.39. The fourth-order valence-corrected chi connectivity index (χ4v) is 2.87. The first kappa shape index (κ1) is 13.7. The highest BCUT2D eigenvalue weighted by Gasteiger charge is 2.44. The van der Waals surface area contributed by atoms with Crippen LogP contribution in [0.4, 0.5) is 0 Å². The van der Waals surface area contributed by atoms with Gasteiger partial charge in [0.25, 0.3) is 0 Å². The van der Waals surface area contributed by atoms with Gasteiger partial charge in [-0.05, 0) is 30.5 Å². The van der Waals surface area contributed by atoms with Gasteiger partial charge in [0.15, 0.2) is 0 Å². The Kier molecular flexibility index (Phi) is 3.98. The lowest BCUT2D eigenvalue weighted by molar-refractivity contribution is -0.147. The number of hydrogen-bond acceptors (Lipinski definition) is 4. The molecule has 19 heavy (non-hydrogen) atoms. The van der Waals surface area contributed by atoms with Gasteiger partial charge in [-0.1, -0.05) is 12.8 Å². The second kappa shape index (κ2) is 5.51. The van der Waals surface area contributed by atoms with Crippen molar-refractivity contribution in [3.63, 3.8) is 0 Å². The SMILES string of the molecule is COC(=O)C1(c2cc(OC)cc(OC)c2)CCCC1. The first-order valence-electron chi connectivity index (χ1n) is 6.48. The van der Waals surface area contributed by atoms with E-state index in [1.807, 2.05) is 18.2 Å². The number of methoxy groups -OCH3 is 3. The van der Waals surface area contributed by atoms with Crippen molar-refractivity contribution in [2.45, 2.75) is 31.1 Å². The summed E-state index contributed by atoms with van der Waals surface area (Å²) in [5.41, 5.74) is 0.379. The first-order valence-corrected chi connectivity index (χ1v) is 6.48. The van der Waals surface area contributed by atoms with Gasteiger partial charge in [0, 0.05) is 6.07 Å². The largest absolute Gasteiger partial charge is 0.497 e. The smallest absolute Gasteiger partial charge is 0.316 e. The van der Waals surface area contributed by atoms with Crippen molar-refractivity contribution in [1.82, 2.24) is 0 Å². The van der Waals surface area contributed by atoms with E-state index in [9.17, 15) is 4.79 Å². The lowest BCUT2D eigenvalue weighted by Crippen LogP contribution is -2.34. The number of esters is 1. The molecule has 0 aromatic heterocycles. The molecule has 0 amide bonds. The molecule has 1 aliphatic rings. The van der Waals surface area contributed by atoms with E-state index in [1.54, 1.807) is 14.2 Å². The van der Waals surface area contributed by atoms with Gasteiger partial charge in [-0.25, -0.2) is 0 Å². The highest BCUT2D eigenvalue weighted by atomic mass is 16.5. The molecule has 0 saturated heterocycles. The summed E-state index contributed by atoms with van der Waals surface area (Å²) in [6.07, 6.45) is 3.70. The van der Waals surface area contributed by atoms with Crippen molar-refractivity contribution < 1.29 is 19.0 Å². The van der Waals surface area contributed by atoms with Crippen LogP contribution in [0.15, 0.2) is 18.2 Å². The fraction of sp³-hybridized carbons (Fsp3) is 0.533. The maximum Gasteiger partial charge on any atom is 0.316 e. The van der Waals surface area contributed by atoms with Crippen LogP contribution in [0, 0.1) is 0 Å². The zero-order chi connectivity index (χ0) is 13.9. The standard InChI is InChI=1S/C15H20O4/c1-17-12-8-11(9-13(10-12)18-2)15(14(16)19-3)6-4-5-7-15/h8-10H,4-7H2,1-3H3. The van der Waals surface area contributed by atoms with E-state index >= 15 is 0 Å². The molecule has 1 fully saturated rings. The Labute approximate surface area is 113 Å². The van der Waals surface area contributed by atoms with Crippen LogP contribution in [0.5, 0.6) is 11.5 Å². The summed E-state index contributed by atoms with van der Waals surface area (Å²) < 4.78 is 15.6. The van der Waals surface area contributed by atoms with E-state index in [0.717, 1.165) is 31.2 Å². The Balaban J connectivity index is 2.50. The molecule has 0 atom stereocenters. The van der Waals surface area contributed by atoms with Crippen LogP contribution >= 0.6 is 0 Å². The number of benzene rings is 1. The molecule has 0 aliphatic heterocycles. The predicted octanol–water partition coefficient (Wildman–Crippen LogP) is 2.69. The summed E-state index contributed by atoms with van der Waals surface area (Å²) in [6.45, 7) is 0. The van der Waals surface area contributed by atoms with Crippen LogP contribution in [0.3, 0.4) is 0 Å². The van der Waals surface area contributed by atoms with Gasteiger partial charge in [0.05, 0.1) is 26.7 Å². The van der Waals surface area contributed by atoms with Crippen molar-refractivity contribution in [3.8, 4) is 11.5 Å². The molecular formula is C15H20O4. The number of ether oxygens (including phenoxy) is 3. The lowest BCUT2D eigenvalue weighted by atomic mass is 9.78. The summed E-state index contributed by atoms with van der Waals surface area (Å²) in [7, 11) is 4.66. The van der Waals surface area contributed by atoms with Crippen LogP contribution in [0.2, 0.25) is 0 Å². The highest BCUT2D eigenvalue weighted by molar-refractivity contribution is 5.84. The molecule has 2 rings (SSSR count). The molecule has 0 heterocycles. The van der Waals surface area contributed by atoms with Crippen molar-refractivity contribution in [3.05, 3.63) is 23.8 Å². The van der Waals surface area contributed by atoms with Crippen LogP contribution in [0.25, 0.3) is 0 Å². The first-order chi connectivity index (χ1) is 9.16. The summed E-state index contributed by atoms with van der Waals surface area (Å²) in [5.74, 6) is 1.23. The maximum absolute atomic E-state index is 12.2. The molecule has 1 aliphatic carbocycles. The van der Waals surface area contributed by atoms with E-state index in [0.29, 0.717) is 11.5 Å². The lowest BCUT2D eigenvalue weighted by Gasteiger charge is -2.27. The topological polar surface area (TPSA) is 44.8 Å². The maximum atomic E-state index is 12.2. The minimum atomic E-state index is -0.545. The molecule has 1 aromatic carbocycles. The minimum Gasteiger partial charge on any atom is -0.497 e.